The maximum Gasteiger partial charge on any atom is 0.490 e. The Hall–Kier alpha value is -5.02. The van der Waals surface area contributed by atoms with Crippen molar-refractivity contribution in [2.24, 2.45) is 5.73 Å². The molecule has 1 fully saturated rings. The van der Waals surface area contributed by atoms with E-state index in [4.69, 9.17) is 25.4 Å². The third-order valence-corrected chi connectivity index (χ3v) is 8.70. The lowest BCUT2D eigenvalue weighted by Gasteiger charge is -2.16. The van der Waals surface area contributed by atoms with Crippen molar-refractivity contribution in [1.82, 2.24) is 30.2 Å². The largest absolute Gasteiger partial charge is 0.491 e. The molecular formula is C34H36F3N7O4S. The molecule has 49 heavy (non-hydrogen) atoms. The summed E-state index contributed by atoms with van der Waals surface area (Å²) in [6.45, 7) is 2.92. The molecule has 1 saturated heterocycles. The molecule has 0 spiro atoms. The minimum Gasteiger partial charge on any atom is -0.491 e. The quantitative estimate of drug-likeness (QED) is 0.134. The Morgan fingerprint density at radius 3 is 2.59 bits per heavy atom. The van der Waals surface area contributed by atoms with E-state index in [-0.39, 0.29) is 6.03 Å². The number of carbonyl (C=O) groups is 2. The first-order valence-corrected chi connectivity index (χ1v) is 16.6. The Bertz CT molecular complexity index is 1870. The van der Waals surface area contributed by atoms with E-state index in [2.05, 4.69) is 63.5 Å². The molecule has 11 nitrogen and oxygen atoms in total. The zero-order chi connectivity index (χ0) is 34.8. The van der Waals surface area contributed by atoms with Gasteiger partial charge in [0.1, 0.15) is 17.4 Å². The van der Waals surface area contributed by atoms with Gasteiger partial charge in [-0.05, 0) is 67.1 Å². The van der Waals surface area contributed by atoms with E-state index in [1.165, 1.54) is 16.3 Å². The maximum absolute atomic E-state index is 12.0. The number of nitrogens with zero attached hydrogens (tertiary/aromatic N) is 5. The molecule has 4 N–H and O–H groups in total. The topological polar surface area (TPSA) is 148 Å². The molecule has 258 valence electrons. The highest BCUT2D eigenvalue weighted by atomic mass is 32.1. The van der Waals surface area contributed by atoms with Crippen molar-refractivity contribution < 1.29 is 32.6 Å². The van der Waals surface area contributed by atoms with E-state index in [9.17, 15) is 18.0 Å². The van der Waals surface area contributed by atoms with Crippen molar-refractivity contribution >= 4 is 34.1 Å². The number of nitrogens with one attached hydrogen (secondary N) is 1. The second-order valence-electron chi connectivity index (χ2n) is 11.2. The molecule has 0 bridgehead atoms. The number of aryl methyl sites for hydroxylation is 3. The molecule has 3 heterocycles. The summed E-state index contributed by atoms with van der Waals surface area (Å²) in [5, 5.41) is 24.2. The lowest BCUT2D eigenvalue weighted by Crippen LogP contribution is -2.31. The number of rotatable bonds is 13. The summed E-state index contributed by atoms with van der Waals surface area (Å²) in [7, 11) is 0. The van der Waals surface area contributed by atoms with Gasteiger partial charge in [0.25, 0.3) is 0 Å². The first-order chi connectivity index (χ1) is 23.6. The summed E-state index contributed by atoms with van der Waals surface area (Å²) >= 11 is 1.62. The third-order valence-electron chi connectivity index (χ3n) is 7.78. The van der Waals surface area contributed by atoms with Gasteiger partial charge in [-0.1, -0.05) is 47.7 Å². The number of ether oxygens (including phenoxy) is 1. The van der Waals surface area contributed by atoms with Crippen molar-refractivity contribution in [3.8, 4) is 22.0 Å². The lowest BCUT2D eigenvalue weighted by molar-refractivity contribution is -0.192. The van der Waals surface area contributed by atoms with Crippen LogP contribution in [0.4, 0.5) is 18.0 Å². The van der Waals surface area contributed by atoms with Gasteiger partial charge in [0, 0.05) is 24.5 Å². The molecule has 3 aromatic carbocycles. The number of nitrogens with two attached hydrogens (primary N) is 1. The fourth-order valence-electron chi connectivity index (χ4n) is 5.25. The van der Waals surface area contributed by atoms with Gasteiger partial charge in [-0.15, -0.1) is 16.4 Å². The highest BCUT2D eigenvalue weighted by molar-refractivity contribution is 7.13. The van der Waals surface area contributed by atoms with Crippen molar-refractivity contribution in [3.05, 3.63) is 89.2 Å². The molecule has 1 aliphatic heterocycles. The van der Waals surface area contributed by atoms with Crippen LogP contribution in [0.3, 0.4) is 0 Å². The fraction of sp³-hybridized carbons (Fsp3) is 0.324. The van der Waals surface area contributed by atoms with E-state index < -0.39 is 12.1 Å². The Morgan fingerprint density at radius 2 is 1.84 bits per heavy atom. The molecule has 0 saturated carbocycles. The van der Waals surface area contributed by atoms with Crippen molar-refractivity contribution in [3.63, 3.8) is 0 Å². The second kappa shape index (κ2) is 16.4. The van der Waals surface area contributed by atoms with Crippen LogP contribution < -0.4 is 15.8 Å². The molecular weight excluding hydrogens is 659 g/mol. The summed E-state index contributed by atoms with van der Waals surface area (Å²) in [6, 6.07) is 21.0. The Kier molecular flexibility index (Phi) is 11.8. The second-order valence-corrected chi connectivity index (χ2v) is 12.1. The minimum atomic E-state index is -5.08. The van der Waals surface area contributed by atoms with Crippen LogP contribution in [0.5, 0.6) is 5.75 Å². The smallest absolute Gasteiger partial charge is 0.490 e. The van der Waals surface area contributed by atoms with Gasteiger partial charge in [-0.2, -0.15) is 13.2 Å². The van der Waals surface area contributed by atoms with Crippen molar-refractivity contribution in [2.75, 3.05) is 32.8 Å². The van der Waals surface area contributed by atoms with Crippen LogP contribution in [0.15, 0.2) is 72.2 Å². The average molecular weight is 696 g/mol. The predicted molar refractivity (Wildman–Crippen MR) is 180 cm³/mol. The summed E-state index contributed by atoms with van der Waals surface area (Å²) in [4.78, 5) is 27.7. The van der Waals surface area contributed by atoms with Crippen LogP contribution in [0, 0.1) is 0 Å². The summed E-state index contributed by atoms with van der Waals surface area (Å²) in [5.41, 5.74) is 10.7. The normalized spacial score (nSPS) is 12.9. The summed E-state index contributed by atoms with van der Waals surface area (Å²) in [6.07, 6.45) is 1.45. The number of unbranched alkanes of at least 4 members (excludes halogenated alkanes) is 1. The molecule has 0 aliphatic carbocycles. The number of hydrogen-bond donors (Lipinski definition) is 3. The number of urea groups is 1. The molecule has 15 heteroatoms. The zero-order valence-corrected chi connectivity index (χ0v) is 27.3. The Balaban J connectivity index is 0.000000606. The number of carbonyl (C=O) groups excluding carboxylic acids is 1. The molecule has 0 atom stereocenters. The molecule has 0 radical (unpaired) electrons. The molecule has 2 aromatic heterocycles. The molecule has 0 unspecified atom stereocenters. The van der Waals surface area contributed by atoms with Crippen LogP contribution >= 0.6 is 11.3 Å². The maximum atomic E-state index is 12.0. The van der Waals surface area contributed by atoms with E-state index in [1.54, 1.807) is 20.9 Å². The number of carboxylic acid groups (broad SMARTS) is 1. The van der Waals surface area contributed by atoms with Gasteiger partial charge < -0.3 is 25.8 Å². The molecule has 2 amide bonds. The number of thiazole rings is 1. The van der Waals surface area contributed by atoms with Crippen LogP contribution in [-0.2, 0) is 24.1 Å². The number of alkyl halides is 3. The number of fused-ring (bicyclic) bond motifs is 1. The van der Waals surface area contributed by atoms with Gasteiger partial charge in [0.05, 0.1) is 35.4 Å². The van der Waals surface area contributed by atoms with Gasteiger partial charge in [0.15, 0.2) is 0 Å². The Morgan fingerprint density at radius 1 is 1.04 bits per heavy atom. The predicted octanol–water partition coefficient (Wildman–Crippen LogP) is 5.65. The molecule has 5 aromatic rings. The highest BCUT2D eigenvalue weighted by Crippen LogP contribution is 2.35. The number of halogens is 3. The van der Waals surface area contributed by atoms with E-state index in [0.29, 0.717) is 38.5 Å². The highest BCUT2D eigenvalue weighted by Gasteiger charge is 2.38. The number of aromatic nitrogens is 4. The average Bonchev–Trinajstić information content (AvgIpc) is 3.86. The monoisotopic (exact) mass is 695 g/mol. The summed E-state index contributed by atoms with van der Waals surface area (Å²) < 4.78 is 39.8. The first-order valence-electron chi connectivity index (χ1n) is 15.7. The van der Waals surface area contributed by atoms with Crippen LogP contribution in [0.1, 0.15) is 29.8 Å². The summed E-state index contributed by atoms with van der Waals surface area (Å²) in [5.74, 6) is -2.05. The Labute approximate surface area is 284 Å². The lowest BCUT2D eigenvalue weighted by atomic mass is 10.0. The van der Waals surface area contributed by atoms with Crippen molar-refractivity contribution in [2.45, 2.75) is 38.3 Å². The van der Waals surface area contributed by atoms with E-state index in [1.807, 2.05) is 24.4 Å². The molecule has 6 rings (SSSR count). The van der Waals surface area contributed by atoms with E-state index in [0.717, 1.165) is 59.8 Å². The van der Waals surface area contributed by atoms with Crippen LogP contribution in [0.25, 0.3) is 27.0 Å². The number of hydrogen-bond acceptors (Lipinski definition) is 8. The number of benzene rings is 3. The zero-order valence-electron chi connectivity index (χ0n) is 26.5. The number of aliphatic carboxylic acids is 1. The first kappa shape index (κ1) is 35.3. The third kappa shape index (κ3) is 9.54. The van der Waals surface area contributed by atoms with Gasteiger partial charge in [-0.3, -0.25) is 0 Å². The van der Waals surface area contributed by atoms with Gasteiger partial charge in [0.2, 0.25) is 0 Å². The number of carboxylic acids is 1. The van der Waals surface area contributed by atoms with Gasteiger partial charge in [-0.25, -0.2) is 19.3 Å². The molecule has 1 aliphatic rings. The van der Waals surface area contributed by atoms with Crippen LogP contribution in [-0.4, -0.2) is 80.9 Å². The van der Waals surface area contributed by atoms with Crippen molar-refractivity contribution in [1.29, 1.82) is 0 Å². The van der Waals surface area contributed by atoms with Gasteiger partial charge >= 0.3 is 18.2 Å². The number of amides is 2. The van der Waals surface area contributed by atoms with E-state index >= 15 is 0 Å². The minimum absolute atomic E-state index is 0.0480. The van der Waals surface area contributed by atoms with Crippen LogP contribution in [0.2, 0.25) is 0 Å². The standard InChI is InChI=1S/C32H35N7O2S.C2HF3O2/c33-15-4-3-9-25-21-39(37-36-25)27-13-14-29(30(20-27)41-19-18-38-17-16-34-32(38)40)31-35-26(22-42-31)12-11-24-8-5-7-23-6-1-2-10-28(23)24;3-2(4,5)1(6)7/h1-2,5-8,10,13-14,20-22H,3-4,9,11-12,15-19,33H2,(H,34,40);(H,6,7). The fourth-order valence-corrected chi connectivity index (χ4v) is 6.13. The SMILES string of the molecule is NCCCCc1cn(-c2ccc(-c3nc(CCc4cccc5ccccc45)cs3)c(OCCN3CCNC3=O)c2)nn1.O=C(O)C(F)(F)F.